The van der Waals surface area contributed by atoms with Crippen LogP contribution in [0.15, 0.2) is 54.6 Å². The van der Waals surface area contributed by atoms with Crippen molar-refractivity contribution in [2.45, 2.75) is 24.6 Å². The monoisotopic (exact) mass is 433 g/mol. The van der Waals surface area contributed by atoms with Gasteiger partial charge < -0.3 is 0 Å². The topological polar surface area (TPSA) is 56.1 Å². The van der Waals surface area contributed by atoms with Gasteiger partial charge >= 0.3 is 18.0 Å². The predicted molar refractivity (Wildman–Crippen MR) is 91.3 cm³/mol. The molecule has 2 rings (SSSR count). The van der Waals surface area contributed by atoms with E-state index >= 15 is 0 Å². The van der Waals surface area contributed by atoms with Crippen LogP contribution in [-0.2, 0) is 12.2 Å². The van der Waals surface area contributed by atoms with Crippen LogP contribution in [0.3, 0.4) is 0 Å². The predicted octanol–water partition coefficient (Wildman–Crippen LogP) is 4.65. The number of amides is 1. The van der Waals surface area contributed by atoms with E-state index in [4.69, 9.17) is 5.26 Å². The summed E-state index contributed by atoms with van der Waals surface area (Å²) in [5.74, 6) is -0.583. The van der Waals surface area contributed by atoms with Gasteiger partial charge in [-0.05, 0) is 17.7 Å². The summed E-state index contributed by atoms with van der Waals surface area (Å²) in [5, 5.41) is 9.68. The van der Waals surface area contributed by atoms with Gasteiger partial charge in [-0.25, -0.2) is 9.82 Å². The lowest BCUT2D eigenvalue weighted by Gasteiger charge is -2.30. The van der Waals surface area contributed by atoms with E-state index in [-0.39, 0.29) is 24.2 Å². The van der Waals surface area contributed by atoms with Crippen molar-refractivity contribution < 1.29 is 35.5 Å². The third-order valence-corrected chi connectivity index (χ3v) is 4.09. The van der Waals surface area contributed by atoms with Crippen molar-refractivity contribution in [3.63, 3.8) is 0 Å². The summed E-state index contributed by atoms with van der Waals surface area (Å²) in [6.07, 6.45) is -12.4. The molecular weight excluding hydrogens is 419 g/mol. The molecule has 0 aliphatic carbocycles. The van der Waals surface area contributed by atoms with Gasteiger partial charge in [-0.3, -0.25) is 9.80 Å². The Morgan fingerprint density at radius 1 is 0.900 bits per heavy atom. The fraction of sp³-hybridized carbons (Fsp3) is 0.263. The maximum absolute atomic E-state index is 14.1. The molecular formula is C19H14F7N3O. The van der Waals surface area contributed by atoms with Gasteiger partial charge in [-0.15, -0.1) is 0 Å². The van der Waals surface area contributed by atoms with Crippen LogP contribution in [0.1, 0.15) is 21.5 Å². The summed E-state index contributed by atoms with van der Waals surface area (Å²) >= 11 is 0. The molecule has 1 N–H and O–H groups in total. The molecule has 2 aromatic carbocycles. The molecule has 0 aromatic heterocycles. The number of nitrogens with one attached hydrogen (secondary N) is 1. The van der Waals surface area contributed by atoms with E-state index in [1.165, 1.54) is 12.1 Å². The number of halogens is 7. The Kier molecular flexibility index (Phi) is 6.72. The molecule has 0 saturated heterocycles. The van der Waals surface area contributed by atoms with Gasteiger partial charge in [0.05, 0.1) is 12.6 Å². The minimum absolute atomic E-state index is 0.111. The van der Waals surface area contributed by atoms with Crippen LogP contribution in [0.2, 0.25) is 0 Å². The Morgan fingerprint density at radius 2 is 1.43 bits per heavy atom. The summed E-state index contributed by atoms with van der Waals surface area (Å²) in [6, 6.07) is 12.0. The second kappa shape index (κ2) is 8.71. The Bertz CT molecular complexity index is 889. The number of hydrogen-bond acceptors (Lipinski definition) is 3. The summed E-state index contributed by atoms with van der Waals surface area (Å²) in [7, 11) is 0. The Labute approximate surface area is 166 Å². The molecule has 0 radical (unpaired) electrons. The Balaban J connectivity index is 2.31. The maximum atomic E-state index is 14.1. The Hall–Kier alpha value is -3.13. The molecule has 0 bridgehead atoms. The first-order chi connectivity index (χ1) is 13.9. The highest BCUT2D eigenvalue weighted by Crippen LogP contribution is 2.53. The van der Waals surface area contributed by atoms with Gasteiger partial charge in [-0.2, -0.15) is 31.6 Å². The molecule has 0 aliphatic rings. The van der Waals surface area contributed by atoms with Crippen molar-refractivity contribution in [3.05, 3.63) is 71.3 Å². The SMILES string of the molecule is N#CCNN(Cc1ccc(C(F)(C(F)(F)F)C(F)(F)F)cc1)C(=O)c1ccccc1. The van der Waals surface area contributed by atoms with E-state index in [1.54, 1.807) is 24.3 Å². The minimum atomic E-state index is -6.21. The van der Waals surface area contributed by atoms with Gasteiger partial charge in [0, 0.05) is 11.1 Å². The number of carbonyl (C=O) groups is 1. The first kappa shape index (κ1) is 23.2. The number of rotatable bonds is 6. The third kappa shape index (κ3) is 4.71. The second-order valence-corrected chi connectivity index (χ2v) is 6.10. The zero-order chi connectivity index (χ0) is 22.6. The fourth-order valence-electron chi connectivity index (χ4n) is 2.58. The smallest absolute Gasteiger partial charge is 0.268 e. The fourth-order valence-corrected chi connectivity index (χ4v) is 2.58. The van der Waals surface area contributed by atoms with Gasteiger partial charge in [0.15, 0.2) is 0 Å². The summed E-state index contributed by atoms with van der Waals surface area (Å²) in [5.41, 5.74) is -4.32. The second-order valence-electron chi connectivity index (χ2n) is 6.10. The lowest BCUT2D eigenvalue weighted by Crippen LogP contribution is -2.50. The molecule has 0 aliphatic heterocycles. The van der Waals surface area contributed by atoms with Crippen molar-refractivity contribution in [1.82, 2.24) is 10.4 Å². The van der Waals surface area contributed by atoms with E-state index in [2.05, 4.69) is 5.43 Å². The van der Waals surface area contributed by atoms with Crippen LogP contribution in [-0.4, -0.2) is 29.8 Å². The first-order valence-electron chi connectivity index (χ1n) is 8.31. The van der Waals surface area contributed by atoms with E-state index in [0.29, 0.717) is 12.1 Å². The van der Waals surface area contributed by atoms with Crippen LogP contribution in [0, 0.1) is 11.3 Å². The first-order valence-corrected chi connectivity index (χ1v) is 8.31. The van der Waals surface area contributed by atoms with Crippen molar-refractivity contribution in [2.75, 3.05) is 6.54 Å². The lowest BCUT2D eigenvalue weighted by molar-refractivity contribution is -0.348. The van der Waals surface area contributed by atoms with Gasteiger partial charge in [0.25, 0.3) is 5.91 Å². The highest BCUT2D eigenvalue weighted by molar-refractivity contribution is 5.93. The molecule has 30 heavy (non-hydrogen) atoms. The molecule has 0 fully saturated rings. The lowest BCUT2D eigenvalue weighted by atomic mass is 9.93. The molecule has 0 atom stereocenters. The van der Waals surface area contributed by atoms with E-state index < -0.39 is 29.5 Å². The molecule has 1 amide bonds. The normalized spacial score (nSPS) is 12.3. The van der Waals surface area contributed by atoms with Crippen molar-refractivity contribution in [2.24, 2.45) is 0 Å². The standard InChI is InChI=1S/C19H14F7N3O/c20-17(18(21,22)23,19(24,25)26)15-8-6-13(7-9-15)12-29(28-11-10-27)16(30)14-4-2-1-3-5-14/h1-9,28H,11-12H2. The summed E-state index contributed by atoms with van der Waals surface area (Å²) in [4.78, 5) is 12.5. The van der Waals surface area contributed by atoms with Crippen LogP contribution in [0.5, 0.6) is 0 Å². The van der Waals surface area contributed by atoms with E-state index in [1.807, 2.05) is 0 Å². The molecule has 2 aromatic rings. The van der Waals surface area contributed by atoms with Crippen molar-refractivity contribution in [1.29, 1.82) is 5.26 Å². The number of nitriles is 1. The average molecular weight is 433 g/mol. The third-order valence-electron chi connectivity index (χ3n) is 4.09. The number of hydrogen-bond donors (Lipinski definition) is 1. The molecule has 0 spiro atoms. The molecule has 0 heterocycles. The maximum Gasteiger partial charge on any atom is 0.435 e. The van der Waals surface area contributed by atoms with Crippen LogP contribution in [0.25, 0.3) is 0 Å². The summed E-state index contributed by atoms with van der Waals surface area (Å²) in [6.45, 7) is -0.584. The average Bonchev–Trinajstić information content (AvgIpc) is 2.69. The zero-order valence-corrected chi connectivity index (χ0v) is 15.1. The van der Waals surface area contributed by atoms with Gasteiger partial charge in [-0.1, -0.05) is 42.5 Å². The molecule has 4 nitrogen and oxygen atoms in total. The number of nitrogens with zero attached hydrogens (tertiary/aromatic N) is 2. The number of carbonyl (C=O) groups excluding carboxylic acids is 1. The van der Waals surface area contributed by atoms with Crippen molar-refractivity contribution >= 4 is 5.91 Å². The largest absolute Gasteiger partial charge is 0.435 e. The van der Waals surface area contributed by atoms with E-state index in [0.717, 1.165) is 17.1 Å². The number of benzene rings is 2. The number of alkyl halides is 7. The molecule has 160 valence electrons. The van der Waals surface area contributed by atoms with Crippen LogP contribution in [0.4, 0.5) is 30.7 Å². The molecule has 11 heteroatoms. The number of hydrazine groups is 1. The van der Waals surface area contributed by atoms with Gasteiger partial charge in [0.1, 0.15) is 6.54 Å². The summed E-state index contributed by atoms with van der Waals surface area (Å²) < 4.78 is 91.1. The highest BCUT2D eigenvalue weighted by Gasteiger charge is 2.73. The quantitative estimate of drug-likeness (QED) is 0.410. The van der Waals surface area contributed by atoms with E-state index in [9.17, 15) is 35.5 Å². The van der Waals surface area contributed by atoms with Gasteiger partial charge in [0.2, 0.25) is 0 Å². The minimum Gasteiger partial charge on any atom is -0.268 e. The molecule has 0 saturated carbocycles. The van der Waals surface area contributed by atoms with Crippen LogP contribution >= 0.6 is 0 Å². The highest BCUT2D eigenvalue weighted by atomic mass is 19.4. The van der Waals surface area contributed by atoms with Crippen LogP contribution < -0.4 is 5.43 Å². The zero-order valence-electron chi connectivity index (χ0n) is 15.1. The Morgan fingerprint density at radius 3 is 1.90 bits per heavy atom. The molecule has 0 unspecified atom stereocenters. The van der Waals surface area contributed by atoms with Crippen molar-refractivity contribution in [3.8, 4) is 6.07 Å².